The average Bonchev–Trinajstić information content (AvgIpc) is 2.72. The molecule has 0 aromatic carbocycles. The van der Waals surface area contributed by atoms with Crippen LogP contribution in [0.3, 0.4) is 0 Å². The van der Waals surface area contributed by atoms with Gasteiger partial charge in [0.25, 0.3) is 0 Å². The zero-order valence-electron chi connectivity index (χ0n) is 10.8. The lowest BCUT2D eigenvalue weighted by molar-refractivity contribution is 0.578. The molecule has 1 rings (SSSR count). The van der Waals surface area contributed by atoms with E-state index in [9.17, 15) is 0 Å². The zero-order valence-corrected chi connectivity index (χ0v) is 10.8. The van der Waals surface area contributed by atoms with Crippen molar-refractivity contribution in [1.29, 1.82) is 0 Å². The van der Waals surface area contributed by atoms with E-state index in [-0.39, 0.29) is 0 Å². The van der Waals surface area contributed by atoms with E-state index in [2.05, 4.69) is 28.6 Å². The van der Waals surface area contributed by atoms with Gasteiger partial charge < -0.3 is 4.57 Å². The van der Waals surface area contributed by atoms with Gasteiger partial charge in [0, 0.05) is 13.0 Å². The highest BCUT2D eigenvalue weighted by Gasteiger charge is 2.02. The number of aryl methyl sites for hydroxylation is 2. The van der Waals surface area contributed by atoms with Crippen molar-refractivity contribution in [2.45, 2.75) is 71.8 Å². The van der Waals surface area contributed by atoms with Crippen LogP contribution in [0.4, 0.5) is 0 Å². The van der Waals surface area contributed by atoms with E-state index >= 15 is 0 Å². The van der Waals surface area contributed by atoms with Gasteiger partial charge >= 0.3 is 0 Å². The Bertz CT molecular complexity index is 268. The number of hydrogen-bond acceptors (Lipinski definition) is 2. The minimum atomic E-state index is 1.05. The SMILES string of the molecule is CCCCCCCCc1nncn1CCC. The molecule has 0 bridgehead atoms. The first-order valence-corrected chi connectivity index (χ1v) is 6.75. The summed E-state index contributed by atoms with van der Waals surface area (Å²) in [6.07, 6.45) is 12.2. The molecule has 0 aliphatic carbocycles. The molecule has 3 nitrogen and oxygen atoms in total. The zero-order chi connectivity index (χ0) is 11.6. The Kier molecular flexibility index (Phi) is 6.86. The number of hydrogen-bond donors (Lipinski definition) is 0. The summed E-state index contributed by atoms with van der Waals surface area (Å²) in [4.78, 5) is 0. The van der Waals surface area contributed by atoms with E-state index in [1.165, 1.54) is 38.5 Å². The molecule has 92 valence electrons. The molecule has 0 aliphatic heterocycles. The van der Waals surface area contributed by atoms with Gasteiger partial charge in [-0.25, -0.2) is 0 Å². The van der Waals surface area contributed by atoms with Crippen molar-refractivity contribution in [2.24, 2.45) is 0 Å². The fourth-order valence-electron chi connectivity index (χ4n) is 1.96. The molecule has 1 aromatic heterocycles. The van der Waals surface area contributed by atoms with Crippen LogP contribution in [0.5, 0.6) is 0 Å². The predicted octanol–water partition coefficient (Wildman–Crippen LogP) is 3.59. The highest BCUT2D eigenvalue weighted by Crippen LogP contribution is 2.08. The second kappa shape index (κ2) is 8.31. The predicted molar refractivity (Wildman–Crippen MR) is 67.4 cm³/mol. The number of nitrogens with zero attached hydrogens (tertiary/aromatic N) is 3. The van der Waals surface area contributed by atoms with E-state index < -0.39 is 0 Å². The molecule has 0 saturated heterocycles. The van der Waals surface area contributed by atoms with Crippen molar-refractivity contribution < 1.29 is 0 Å². The lowest BCUT2D eigenvalue weighted by Crippen LogP contribution is -2.02. The number of aromatic nitrogens is 3. The molecule has 0 radical (unpaired) electrons. The summed E-state index contributed by atoms with van der Waals surface area (Å²) in [6, 6.07) is 0. The monoisotopic (exact) mass is 223 g/mol. The molecule has 0 amide bonds. The molecule has 16 heavy (non-hydrogen) atoms. The van der Waals surface area contributed by atoms with E-state index in [0.29, 0.717) is 0 Å². The molecule has 0 saturated carbocycles. The van der Waals surface area contributed by atoms with Gasteiger partial charge in [-0.15, -0.1) is 10.2 Å². The van der Waals surface area contributed by atoms with Crippen molar-refractivity contribution >= 4 is 0 Å². The summed E-state index contributed by atoms with van der Waals surface area (Å²) < 4.78 is 2.19. The average molecular weight is 223 g/mol. The van der Waals surface area contributed by atoms with E-state index in [1.54, 1.807) is 0 Å². The molecule has 0 unspecified atom stereocenters. The largest absolute Gasteiger partial charge is 0.318 e. The van der Waals surface area contributed by atoms with Crippen LogP contribution < -0.4 is 0 Å². The first-order valence-electron chi connectivity index (χ1n) is 6.75. The van der Waals surface area contributed by atoms with Gasteiger partial charge in [-0.1, -0.05) is 46.0 Å². The molecule has 0 atom stereocenters. The Balaban J connectivity index is 2.13. The maximum Gasteiger partial charge on any atom is 0.132 e. The standard InChI is InChI=1S/C13H25N3/c1-3-5-6-7-8-9-10-13-15-14-12-16(13)11-4-2/h12H,3-11H2,1-2H3. The number of unbranched alkanes of at least 4 members (excludes halogenated alkanes) is 5. The van der Waals surface area contributed by atoms with Crippen LogP contribution >= 0.6 is 0 Å². The first-order chi connectivity index (χ1) is 7.88. The fraction of sp³-hybridized carbons (Fsp3) is 0.846. The number of rotatable bonds is 9. The van der Waals surface area contributed by atoms with Gasteiger partial charge in [-0.2, -0.15) is 0 Å². The Hall–Kier alpha value is -0.860. The third-order valence-corrected chi connectivity index (χ3v) is 2.91. The highest BCUT2D eigenvalue weighted by atomic mass is 15.3. The molecule has 0 aliphatic rings. The van der Waals surface area contributed by atoms with Crippen molar-refractivity contribution in [1.82, 2.24) is 14.8 Å². The summed E-state index contributed by atoms with van der Waals surface area (Å²) in [7, 11) is 0. The Morgan fingerprint density at radius 2 is 1.75 bits per heavy atom. The Morgan fingerprint density at radius 3 is 2.50 bits per heavy atom. The molecule has 1 aromatic rings. The topological polar surface area (TPSA) is 30.7 Å². The van der Waals surface area contributed by atoms with Gasteiger partial charge in [0.1, 0.15) is 12.2 Å². The Morgan fingerprint density at radius 1 is 1.00 bits per heavy atom. The molecular weight excluding hydrogens is 198 g/mol. The molecule has 3 heteroatoms. The lowest BCUT2D eigenvalue weighted by Gasteiger charge is -2.04. The minimum absolute atomic E-state index is 1.05. The van der Waals surface area contributed by atoms with Crippen LogP contribution in [0.2, 0.25) is 0 Å². The third kappa shape index (κ3) is 4.77. The van der Waals surface area contributed by atoms with E-state index in [4.69, 9.17) is 0 Å². The third-order valence-electron chi connectivity index (χ3n) is 2.91. The molecule has 1 heterocycles. The summed E-state index contributed by atoms with van der Waals surface area (Å²) in [5.74, 6) is 1.16. The quantitative estimate of drug-likeness (QED) is 0.599. The molecular formula is C13H25N3. The van der Waals surface area contributed by atoms with E-state index in [1.807, 2.05) is 6.33 Å². The molecule has 0 spiro atoms. The van der Waals surface area contributed by atoms with Crippen molar-refractivity contribution in [2.75, 3.05) is 0 Å². The van der Waals surface area contributed by atoms with Gasteiger partial charge in [0.2, 0.25) is 0 Å². The minimum Gasteiger partial charge on any atom is -0.318 e. The van der Waals surface area contributed by atoms with Gasteiger partial charge in [0.15, 0.2) is 0 Å². The molecule has 0 fully saturated rings. The van der Waals surface area contributed by atoms with Crippen LogP contribution in [0.15, 0.2) is 6.33 Å². The van der Waals surface area contributed by atoms with Crippen LogP contribution in [0.25, 0.3) is 0 Å². The van der Waals surface area contributed by atoms with Crippen molar-refractivity contribution in [3.63, 3.8) is 0 Å². The first kappa shape index (κ1) is 13.2. The van der Waals surface area contributed by atoms with Crippen LogP contribution in [0.1, 0.15) is 64.6 Å². The van der Waals surface area contributed by atoms with Gasteiger partial charge in [0.05, 0.1) is 0 Å². The van der Waals surface area contributed by atoms with Crippen molar-refractivity contribution in [3.05, 3.63) is 12.2 Å². The van der Waals surface area contributed by atoms with Gasteiger partial charge in [-0.3, -0.25) is 0 Å². The second-order valence-electron chi connectivity index (χ2n) is 4.46. The Labute approximate surface area is 99.3 Å². The lowest BCUT2D eigenvalue weighted by atomic mass is 10.1. The summed E-state index contributed by atoms with van der Waals surface area (Å²) >= 11 is 0. The van der Waals surface area contributed by atoms with Crippen LogP contribution in [-0.4, -0.2) is 14.8 Å². The normalized spacial score (nSPS) is 10.9. The summed E-state index contributed by atoms with van der Waals surface area (Å²) in [6.45, 7) is 5.50. The second-order valence-corrected chi connectivity index (χ2v) is 4.46. The smallest absolute Gasteiger partial charge is 0.132 e. The van der Waals surface area contributed by atoms with E-state index in [0.717, 1.165) is 25.2 Å². The van der Waals surface area contributed by atoms with Gasteiger partial charge in [-0.05, 0) is 12.8 Å². The summed E-state index contributed by atoms with van der Waals surface area (Å²) in [5, 5.41) is 8.16. The fourth-order valence-corrected chi connectivity index (χ4v) is 1.96. The van der Waals surface area contributed by atoms with Crippen molar-refractivity contribution in [3.8, 4) is 0 Å². The highest BCUT2D eigenvalue weighted by molar-refractivity contribution is 4.85. The maximum atomic E-state index is 4.18. The summed E-state index contributed by atoms with van der Waals surface area (Å²) in [5.41, 5.74) is 0. The van der Waals surface area contributed by atoms with Crippen LogP contribution in [0, 0.1) is 0 Å². The molecule has 0 N–H and O–H groups in total. The maximum absolute atomic E-state index is 4.18. The van der Waals surface area contributed by atoms with Crippen LogP contribution in [-0.2, 0) is 13.0 Å².